The number of esters is 2. The van der Waals surface area contributed by atoms with Gasteiger partial charge in [-0.2, -0.15) is 0 Å². The summed E-state index contributed by atoms with van der Waals surface area (Å²) in [6.45, 7) is 0.706. The van der Waals surface area contributed by atoms with Crippen molar-refractivity contribution in [2.75, 3.05) is 13.2 Å². The Kier molecular flexibility index (Phi) is 4.47. The first-order chi connectivity index (χ1) is 15.9. The molecule has 1 heterocycles. The van der Waals surface area contributed by atoms with E-state index in [2.05, 4.69) is 0 Å². The van der Waals surface area contributed by atoms with Crippen molar-refractivity contribution in [3.8, 4) is 0 Å². The maximum Gasteiger partial charge on any atom is 0.452 e. The molecule has 0 radical (unpaired) electrons. The summed E-state index contributed by atoms with van der Waals surface area (Å²) in [6, 6.07) is 0. The normalized spacial score (nSPS) is 47.3. The van der Waals surface area contributed by atoms with Gasteiger partial charge in [-0.25, -0.2) is 9.59 Å². The van der Waals surface area contributed by atoms with Crippen molar-refractivity contribution in [2.24, 2.45) is 46.3 Å². The minimum absolute atomic E-state index is 0.0702. The van der Waals surface area contributed by atoms with Crippen LogP contribution in [-0.2, 0) is 28.5 Å². The van der Waals surface area contributed by atoms with Crippen molar-refractivity contribution in [1.29, 1.82) is 0 Å². The second-order valence-electron chi connectivity index (χ2n) is 13.1. The highest BCUT2D eigenvalue weighted by atomic mass is 16.8. The Morgan fingerprint density at radius 2 is 0.909 bits per heavy atom. The summed E-state index contributed by atoms with van der Waals surface area (Å²) < 4.78 is 22.5. The third-order valence-electron chi connectivity index (χ3n) is 10.4. The van der Waals surface area contributed by atoms with Gasteiger partial charge >= 0.3 is 17.7 Å². The zero-order valence-electron chi connectivity index (χ0n) is 19.5. The number of carbonyl (C=O) groups is 2. The molecule has 9 aliphatic rings. The van der Waals surface area contributed by atoms with Crippen LogP contribution in [0.5, 0.6) is 0 Å². The number of ether oxygens (including phenoxy) is 4. The molecule has 0 N–H and O–H groups in total. The zero-order valence-corrected chi connectivity index (χ0v) is 19.5. The van der Waals surface area contributed by atoms with Crippen LogP contribution in [0.1, 0.15) is 77.0 Å². The van der Waals surface area contributed by atoms with Gasteiger partial charge in [0.15, 0.2) is 0 Å². The molecule has 0 atom stereocenters. The smallest absolute Gasteiger partial charge is 0.452 e. The first kappa shape index (κ1) is 20.6. The quantitative estimate of drug-likeness (QED) is 0.425. The molecule has 33 heavy (non-hydrogen) atoms. The van der Waals surface area contributed by atoms with Crippen molar-refractivity contribution in [3.05, 3.63) is 12.5 Å². The molecule has 8 fully saturated rings. The highest BCUT2D eigenvalue weighted by Crippen LogP contribution is 2.61. The minimum Gasteiger partial charge on any atom is -0.459 e. The molecule has 8 saturated carbocycles. The van der Waals surface area contributed by atoms with Gasteiger partial charge in [0.2, 0.25) is 0 Å². The molecule has 6 nitrogen and oxygen atoms in total. The highest BCUT2D eigenvalue weighted by Gasteiger charge is 2.59. The Hall–Kier alpha value is -1.72. The first-order valence-electron chi connectivity index (χ1n) is 13.3. The maximum atomic E-state index is 13.2. The summed E-state index contributed by atoms with van der Waals surface area (Å²) in [5.41, 5.74) is 0.140. The van der Waals surface area contributed by atoms with Crippen LogP contribution >= 0.6 is 0 Å². The Bertz CT molecular complexity index is 733. The fraction of sp³-hybridized carbons (Fsp3) is 0.852. The third kappa shape index (κ3) is 3.33. The van der Waals surface area contributed by atoms with E-state index in [-0.39, 0.29) is 10.8 Å². The van der Waals surface area contributed by atoms with E-state index in [1.807, 2.05) is 0 Å². The molecular weight excluding hydrogens is 420 g/mol. The average molecular weight is 457 g/mol. The largest absolute Gasteiger partial charge is 0.459 e. The summed E-state index contributed by atoms with van der Waals surface area (Å²) in [5.74, 6) is 0.973. The highest BCUT2D eigenvalue weighted by molar-refractivity contribution is 6.02. The minimum atomic E-state index is -2.13. The van der Waals surface area contributed by atoms with E-state index in [1.165, 1.54) is 51.0 Å². The van der Waals surface area contributed by atoms with Gasteiger partial charge in [0.05, 0.1) is 13.2 Å². The zero-order chi connectivity index (χ0) is 22.3. The van der Waals surface area contributed by atoms with Gasteiger partial charge in [-0.3, -0.25) is 0 Å². The van der Waals surface area contributed by atoms with Crippen molar-refractivity contribution in [3.63, 3.8) is 0 Å². The van der Waals surface area contributed by atoms with Crippen LogP contribution in [0.15, 0.2) is 12.5 Å². The predicted octanol–water partition coefficient (Wildman–Crippen LogP) is 4.72. The average Bonchev–Trinajstić information content (AvgIpc) is 3.25. The number of carbonyl (C=O) groups excluding carboxylic acids is 2. The van der Waals surface area contributed by atoms with E-state index < -0.39 is 17.7 Å². The summed E-state index contributed by atoms with van der Waals surface area (Å²) >= 11 is 0. The van der Waals surface area contributed by atoms with E-state index >= 15 is 0 Å². The molecule has 0 amide bonds. The molecule has 0 unspecified atom stereocenters. The number of rotatable bonds is 6. The standard InChI is InChI=1S/C27H36O6/c28-23(30-15-25-9-17-3-18(10-25)5-19(4-17)11-25)27(32-1-2-33-27)24(29)31-16-26-12-20-6-21(13-26)8-22(7-20)14-26/h1-2,17-22H,3-16H2. The molecule has 1 aliphatic heterocycles. The number of hydrogen-bond donors (Lipinski definition) is 0. The van der Waals surface area contributed by atoms with Crippen LogP contribution in [0.3, 0.4) is 0 Å². The van der Waals surface area contributed by atoms with Crippen LogP contribution in [0.25, 0.3) is 0 Å². The summed E-state index contributed by atoms with van der Waals surface area (Å²) in [6.07, 6.45) is 17.3. The molecule has 8 bridgehead atoms. The lowest BCUT2D eigenvalue weighted by Crippen LogP contribution is -2.54. The Morgan fingerprint density at radius 1 is 0.606 bits per heavy atom. The lowest BCUT2D eigenvalue weighted by Gasteiger charge is -2.56. The molecule has 180 valence electrons. The fourth-order valence-electron chi connectivity index (χ4n) is 10.1. The van der Waals surface area contributed by atoms with Gasteiger partial charge in [0, 0.05) is 10.8 Å². The molecule has 8 aliphatic carbocycles. The molecule has 0 saturated heterocycles. The lowest BCUT2D eigenvalue weighted by molar-refractivity contribution is -0.224. The van der Waals surface area contributed by atoms with Crippen LogP contribution in [0.2, 0.25) is 0 Å². The SMILES string of the molecule is O=C(OCC12CC3CC(CC(C3)C1)C2)C1(C(=O)OCC23CC4CC(CC(C4)C2)C3)OC=CO1. The molecule has 0 aromatic heterocycles. The van der Waals surface area contributed by atoms with E-state index in [4.69, 9.17) is 18.9 Å². The predicted molar refractivity (Wildman–Crippen MR) is 117 cm³/mol. The molecule has 6 heteroatoms. The second-order valence-corrected chi connectivity index (χ2v) is 13.1. The van der Waals surface area contributed by atoms with Gasteiger partial charge in [-0.05, 0) is 113 Å². The van der Waals surface area contributed by atoms with Crippen LogP contribution in [0.4, 0.5) is 0 Å². The summed E-state index contributed by atoms with van der Waals surface area (Å²) in [4.78, 5) is 26.4. The Morgan fingerprint density at radius 3 is 1.21 bits per heavy atom. The fourth-order valence-corrected chi connectivity index (χ4v) is 10.1. The van der Waals surface area contributed by atoms with Gasteiger partial charge in [-0.1, -0.05) is 0 Å². The van der Waals surface area contributed by atoms with Gasteiger partial charge in [0.25, 0.3) is 0 Å². The first-order valence-corrected chi connectivity index (χ1v) is 13.3. The Labute approximate surface area is 195 Å². The monoisotopic (exact) mass is 456 g/mol. The molecule has 0 spiro atoms. The van der Waals surface area contributed by atoms with Gasteiger partial charge in [0.1, 0.15) is 12.5 Å². The molecular formula is C27H36O6. The topological polar surface area (TPSA) is 71.1 Å². The van der Waals surface area contributed by atoms with Crippen LogP contribution < -0.4 is 0 Å². The van der Waals surface area contributed by atoms with E-state index in [0.717, 1.165) is 74.0 Å². The Balaban J connectivity index is 1.01. The second kappa shape index (κ2) is 7.14. The molecule has 0 aromatic rings. The molecule has 0 aromatic carbocycles. The van der Waals surface area contributed by atoms with E-state index in [1.54, 1.807) is 0 Å². The number of hydrogen-bond acceptors (Lipinski definition) is 6. The van der Waals surface area contributed by atoms with Crippen molar-refractivity contribution in [1.82, 2.24) is 0 Å². The van der Waals surface area contributed by atoms with Crippen molar-refractivity contribution >= 4 is 11.9 Å². The van der Waals surface area contributed by atoms with Crippen LogP contribution in [-0.4, -0.2) is 30.9 Å². The van der Waals surface area contributed by atoms with Crippen molar-refractivity contribution < 1.29 is 28.5 Å². The van der Waals surface area contributed by atoms with Gasteiger partial charge < -0.3 is 18.9 Å². The summed E-state index contributed by atoms with van der Waals surface area (Å²) in [5, 5.41) is 0. The van der Waals surface area contributed by atoms with Crippen LogP contribution in [0, 0.1) is 46.3 Å². The van der Waals surface area contributed by atoms with E-state index in [9.17, 15) is 9.59 Å². The summed E-state index contributed by atoms with van der Waals surface area (Å²) in [7, 11) is 0. The lowest BCUT2D eigenvalue weighted by atomic mass is 9.50. The third-order valence-corrected chi connectivity index (χ3v) is 10.4. The van der Waals surface area contributed by atoms with Crippen molar-refractivity contribution in [2.45, 2.75) is 82.8 Å². The van der Waals surface area contributed by atoms with Gasteiger partial charge in [-0.15, -0.1) is 0 Å². The molecule has 9 rings (SSSR count). The maximum absolute atomic E-state index is 13.2. The van der Waals surface area contributed by atoms with E-state index in [0.29, 0.717) is 13.2 Å².